The maximum absolute atomic E-state index is 13.2. The highest BCUT2D eigenvalue weighted by Crippen LogP contribution is 2.32. The van der Waals surface area contributed by atoms with Crippen LogP contribution in [0.5, 0.6) is 11.5 Å². The molecule has 2 fully saturated rings. The second kappa shape index (κ2) is 8.86. The van der Waals surface area contributed by atoms with Crippen molar-refractivity contribution in [2.24, 2.45) is 0 Å². The number of methoxy groups -OCH3 is 1. The van der Waals surface area contributed by atoms with Gasteiger partial charge in [0.2, 0.25) is 5.91 Å². The maximum Gasteiger partial charge on any atom is 0.262 e. The molecule has 1 saturated heterocycles. The van der Waals surface area contributed by atoms with E-state index in [1.54, 1.807) is 13.2 Å². The standard InChI is InChI=1S/C18H24F2N2O3.ClH/c1-24-16-8-12(6-7-15(16)25-13-4-2-3-5-13)10-21-17(23)14-9-18(19,20)11-22-14;/h6-8,13-14,22H,2-5,9-11H2,1H3,(H,21,23);1H. The van der Waals surface area contributed by atoms with Crippen molar-refractivity contribution in [1.29, 1.82) is 0 Å². The van der Waals surface area contributed by atoms with Crippen LogP contribution < -0.4 is 20.1 Å². The molecule has 1 aliphatic carbocycles. The van der Waals surface area contributed by atoms with Crippen LogP contribution in [0.4, 0.5) is 8.78 Å². The molecule has 5 nitrogen and oxygen atoms in total. The van der Waals surface area contributed by atoms with Gasteiger partial charge in [-0.25, -0.2) is 8.78 Å². The SMILES string of the molecule is COc1cc(CNC(=O)C2CC(F)(F)CN2)ccc1OC1CCCC1.Cl. The van der Waals surface area contributed by atoms with E-state index < -0.39 is 30.8 Å². The fourth-order valence-electron chi connectivity index (χ4n) is 3.32. The normalized spacial score (nSPS) is 21.9. The van der Waals surface area contributed by atoms with Crippen molar-refractivity contribution < 1.29 is 23.0 Å². The minimum atomic E-state index is -2.82. The summed E-state index contributed by atoms with van der Waals surface area (Å²) >= 11 is 0. The minimum absolute atomic E-state index is 0. The van der Waals surface area contributed by atoms with Gasteiger partial charge in [0.15, 0.2) is 11.5 Å². The van der Waals surface area contributed by atoms with Crippen LogP contribution in [0.3, 0.4) is 0 Å². The lowest BCUT2D eigenvalue weighted by atomic mass is 10.1. The number of rotatable bonds is 6. The van der Waals surface area contributed by atoms with Gasteiger partial charge < -0.3 is 14.8 Å². The summed E-state index contributed by atoms with van der Waals surface area (Å²) in [6.45, 7) is -0.200. The Morgan fingerprint density at radius 3 is 2.65 bits per heavy atom. The highest BCUT2D eigenvalue weighted by Gasteiger charge is 2.42. The highest BCUT2D eigenvalue weighted by molar-refractivity contribution is 5.85. The number of carbonyl (C=O) groups is 1. The average molecular weight is 391 g/mol. The first kappa shape index (κ1) is 20.7. The van der Waals surface area contributed by atoms with Gasteiger partial charge in [-0.05, 0) is 43.4 Å². The summed E-state index contributed by atoms with van der Waals surface area (Å²) in [6.07, 6.45) is 4.25. The number of amides is 1. The van der Waals surface area contributed by atoms with E-state index in [4.69, 9.17) is 9.47 Å². The Morgan fingerprint density at radius 2 is 2.04 bits per heavy atom. The Kier molecular flexibility index (Phi) is 7.06. The third-order valence-electron chi connectivity index (χ3n) is 4.72. The zero-order valence-electron chi connectivity index (χ0n) is 14.7. The molecule has 1 atom stereocenters. The van der Waals surface area contributed by atoms with Gasteiger partial charge in [-0.3, -0.25) is 10.1 Å². The van der Waals surface area contributed by atoms with E-state index in [-0.39, 0.29) is 25.1 Å². The molecule has 1 aromatic rings. The molecule has 0 radical (unpaired) electrons. The van der Waals surface area contributed by atoms with Crippen LogP contribution in [-0.4, -0.2) is 37.6 Å². The summed E-state index contributed by atoms with van der Waals surface area (Å²) in [5.74, 6) is -1.92. The summed E-state index contributed by atoms with van der Waals surface area (Å²) in [5, 5.41) is 5.24. The van der Waals surface area contributed by atoms with Gasteiger partial charge in [0.25, 0.3) is 5.92 Å². The van der Waals surface area contributed by atoms with Gasteiger partial charge in [0, 0.05) is 13.0 Å². The molecule has 3 rings (SSSR count). The highest BCUT2D eigenvalue weighted by atomic mass is 35.5. The van der Waals surface area contributed by atoms with Crippen LogP contribution in [0.2, 0.25) is 0 Å². The summed E-state index contributed by atoms with van der Waals surface area (Å²) in [6, 6.07) is 4.65. The zero-order chi connectivity index (χ0) is 17.9. The molecule has 0 bridgehead atoms. The molecule has 1 aromatic carbocycles. The molecule has 0 aromatic heterocycles. The number of hydrogen-bond donors (Lipinski definition) is 2. The topological polar surface area (TPSA) is 59.6 Å². The molecule has 1 amide bonds. The minimum Gasteiger partial charge on any atom is -0.493 e. The van der Waals surface area contributed by atoms with E-state index in [1.807, 2.05) is 12.1 Å². The lowest BCUT2D eigenvalue weighted by molar-refractivity contribution is -0.123. The van der Waals surface area contributed by atoms with Crippen molar-refractivity contribution in [2.45, 2.75) is 56.7 Å². The fourth-order valence-corrected chi connectivity index (χ4v) is 3.32. The Labute approximate surface area is 158 Å². The van der Waals surface area contributed by atoms with Crippen LogP contribution in [-0.2, 0) is 11.3 Å². The number of nitrogens with one attached hydrogen (secondary N) is 2. The summed E-state index contributed by atoms with van der Waals surface area (Å²) in [7, 11) is 1.57. The Balaban J connectivity index is 0.00000243. The van der Waals surface area contributed by atoms with E-state index in [0.717, 1.165) is 18.4 Å². The summed E-state index contributed by atoms with van der Waals surface area (Å²) in [4.78, 5) is 12.0. The molecular formula is C18H25ClF2N2O3. The molecule has 146 valence electrons. The molecule has 8 heteroatoms. The number of hydrogen-bond acceptors (Lipinski definition) is 4. The average Bonchev–Trinajstić information content (AvgIpc) is 3.22. The first-order chi connectivity index (χ1) is 12.0. The largest absolute Gasteiger partial charge is 0.493 e. The summed E-state index contributed by atoms with van der Waals surface area (Å²) in [5.41, 5.74) is 0.828. The molecule has 1 saturated carbocycles. The smallest absolute Gasteiger partial charge is 0.262 e. The van der Waals surface area contributed by atoms with Gasteiger partial charge in [0.1, 0.15) is 0 Å². The van der Waals surface area contributed by atoms with Gasteiger partial charge in [-0.15, -0.1) is 12.4 Å². The Hall–Kier alpha value is -1.60. The van der Waals surface area contributed by atoms with E-state index in [2.05, 4.69) is 10.6 Å². The lowest BCUT2D eigenvalue weighted by Gasteiger charge is -2.17. The van der Waals surface area contributed by atoms with E-state index in [1.165, 1.54) is 12.8 Å². The first-order valence-corrected chi connectivity index (χ1v) is 8.69. The fraction of sp³-hybridized carbons (Fsp3) is 0.611. The van der Waals surface area contributed by atoms with Crippen molar-refractivity contribution in [3.05, 3.63) is 23.8 Å². The molecule has 2 N–H and O–H groups in total. The number of carbonyl (C=O) groups excluding carboxylic acids is 1. The number of benzene rings is 1. The van der Waals surface area contributed by atoms with Crippen molar-refractivity contribution in [3.63, 3.8) is 0 Å². The van der Waals surface area contributed by atoms with Crippen LogP contribution in [0.1, 0.15) is 37.7 Å². The Morgan fingerprint density at radius 1 is 1.31 bits per heavy atom. The van der Waals surface area contributed by atoms with Crippen molar-refractivity contribution >= 4 is 18.3 Å². The number of ether oxygens (including phenoxy) is 2. The predicted octanol–water partition coefficient (Wildman–Crippen LogP) is 3.05. The molecule has 26 heavy (non-hydrogen) atoms. The predicted molar refractivity (Wildman–Crippen MR) is 96.3 cm³/mol. The van der Waals surface area contributed by atoms with Gasteiger partial charge in [0.05, 0.1) is 25.8 Å². The quantitative estimate of drug-likeness (QED) is 0.783. The second-order valence-corrected chi connectivity index (χ2v) is 6.72. The Bertz CT molecular complexity index is 624. The van der Waals surface area contributed by atoms with Gasteiger partial charge in [-0.1, -0.05) is 6.07 Å². The molecule has 1 heterocycles. The summed E-state index contributed by atoms with van der Waals surface area (Å²) < 4.78 is 37.7. The number of alkyl halides is 2. The molecule has 2 aliphatic rings. The van der Waals surface area contributed by atoms with Crippen LogP contribution in [0.25, 0.3) is 0 Å². The van der Waals surface area contributed by atoms with Gasteiger partial charge >= 0.3 is 0 Å². The van der Waals surface area contributed by atoms with E-state index in [9.17, 15) is 13.6 Å². The lowest BCUT2D eigenvalue weighted by Crippen LogP contribution is -2.40. The monoisotopic (exact) mass is 390 g/mol. The van der Waals surface area contributed by atoms with Crippen LogP contribution >= 0.6 is 12.4 Å². The van der Waals surface area contributed by atoms with Crippen LogP contribution in [0, 0.1) is 0 Å². The maximum atomic E-state index is 13.2. The molecule has 1 unspecified atom stereocenters. The first-order valence-electron chi connectivity index (χ1n) is 8.69. The molecule has 0 spiro atoms. The van der Waals surface area contributed by atoms with Crippen molar-refractivity contribution in [2.75, 3.05) is 13.7 Å². The third kappa shape index (κ3) is 5.20. The number of halogens is 3. The molecular weight excluding hydrogens is 366 g/mol. The van der Waals surface area contributed by atoms with Crippen LogP contribution in [0.15, 0.2) is 18.2 Å². The second-order valence-electron chi connectivity index (χ2n) is 6.72. The zero-order valence-corrected chi connectivity index (χ0v) is 15.5. The third-order valence-corrected chi connectivity index (χ3v) is 4.72. The van der Waals surface area contributed by atoms with Crippen molar-refractivity contribution in [3.8, 4) is 11.5 Å². The van der Waals surface area contributed by atoms with E-state index in [0.29, 0.717) is 11.5 Å². The van der Waals surface area contributed by atoms with E-state index >= 15 is 0 Å². The van der Waals surface area contributed by atoms with Gasteiger partial charge in [-0.2, -0.15) is 0 Å². The molecule has 1 aliphatic heterocycles. The van der Waals surface area contributed by atoms with Crippen molar-refractivity contribution in [1.82, 2.24) is 10.6 Å².